The zero-order chi connectivity index (χ0) is 15.0. The minimum absolute atomic E-state index is 0.0308. The number of dihydropyridines is 1. The van der Waals surface area contributed by atoms with Crippen LogP contribution in [0.3, 0.4) is 0 Å². The van der Waals surface area contributed by atoms with Crippen LogP contribution in [0.4, 0.5) is 5.69 Å². The van der Waals surface area contributed by atoms with E-state index in [1.807, 2.05) is 31.0 Å². The number of aryl methyl sites for hydroxylation is 2. The quantitative estimate of drug-likeness (QED) is 0.921. The third kappa shape index (κ3) is 2.24. The third-order valence-electron chi connectivity index (χ3n) is 4.05. The Bertz CT molecular complexity index is 616. The first kappa shape index (κ1) is 13.9. The molecular weight excluding hydrogens is 266 g/mol. The number of hydrogen-bond acceptors (Lipinski definition) is 4. The fraction of sp³-hybridized carbons (Fsp3) is 0.533. The number of carbonyl (C=O) groups excluding carboxylic acids is 1. The Morgan fingerprint density at radius 3 is 3.00 bits per heavy atom. The van der Waals surface area contributed by atoms with Crippen molar-refractivity contribution in [3.05, 3.63) is 23.5 Å². The van der Waals surface area contributed by atoms with Crippen molar-refractivity contribution in [3.63, 3.8) is 0 Å². The lowest BCUT2D eigenvalue weighted by molar-refractivity contribution is 0.0694. The molecule has 0 radical (unpaired) electrons. The van der Waals surface area contributed by atoms with Crippen molar-refractivity contribution in [1.29, 1.82) is 0 Å². The molecule has 3 rings (SSSR count). The van der Waals surface area contributed by atoms with Gasteiger partial charge in [0, 0.05) is 19.8 Å². The lowest BCUT2D eigenvalue weighted by atomic mass is 10.1. The summed E-state index contributed by atoms with van der Waals surface area (Å²) < 4.78 is 1.67. The predicted octanol–water partition coefficient (Wildman–Crippen LogP) is 1.73. The van der Waals surface area contributed by atoms with Crippen LogP contribution in [-0.2, 0) is 7.05 Å². The van der Waals surface area contributed by atoms with E-state index in [0.717, 1.165) is 30.8 Å². The Morgan fingerprint density at radius 2 is 2.24 bits per heavy atom. The Hall–Kier alpha value is -2.11. The molecule has 0 saturated carbocycles. The van der Waals surface area contributed by atoms with Gasteiger partial charge in [0.05, 0.1) is 17.4 Å². The van der Waals surface area contributed by atoms with Gasteiger partial charge in [0.1, 0.15) is 11.9 Å². The van der Waals surface area contributed by atoms with Crippen LogP contribution in [0, 0.1) is 6.92 Å². The van der Waals surface area contributed by atoms with Gasteiger partial charge in [0.15, 0.2) is 0 Å². The molecule has 2 atom stereocenters. The first-order chi connectivity index (χ1) is 10.1. The lowest BCUT2D eigenvalue weighted by Crippen LogP contribution is -2.47. The molecule has 0 saturated heterocycles. The summed E-state index contributed by atoms with van der Waals surface area (Å²) in [5.74, 6) is 0.0308. The van der Waals surface area contributed by atoms with Gasteiger partial charge in [0.25, 0.3) is 5.91 Å². The summed E-state index contributed by atoms with van der Waals surface area (Å²) in [6, 6.07) is -0.0409. The molecule has 6 heteroatoms. The van der Waals surface area contributed by atoms with Crippen LogP contribution in [-0.4, -0.2) is 45.6 Å². The molecule has 112 valence electrons. The van der Waals surface area contributed by atoms with Crippen LogP contribution in [0.1, 0.15) is 35.9 Å². The van der Waals surface area contributed by atoms with Gasteiger partial charge in [-0.25, -0.2) is 0 Å². The largest absolute Gasteiger partial charge is 0.358 e. The van der Waals surface area contributed by atoms with E-state index in [4.69, 9.17) is 0 Å². The number of hydrogen-bond donors (Lipinski definition) is 1. The Morgan fingerprint density at radius 1 is 1.43 bits per heavy atom. The van der Waals surface area contributed by atoms with Crippen LogP contribution in [0.2, 0.25) is 0 Å². The second kappa shape index (κ2) is 5.35. The maximum absolute atomic E-state index is 13.0. The average molecular weight is 287 g/mol. The number of rotatable bonds is 3. The molecule has 1 N–H and O–H groups in total. The van der Waals surface area contributed by atoms with Crippen molar-refractivity contribution in [2.75, 3.05) is 11.9 Å². The van der Waals surface area contributed by atoms with Gasteiger partial charge in [-0.2, -0.15) is 5.10 Å². The van der Waals surface area contributed by atoms with E-state index in [2.05, 4.69) is 22.3 Å². The maximum Gasteiger partial charge on any atom is 0.274 e. The molecule has 21 heavy (non-hydrogen) atoms. The maximum atomic E-state index is 13.0. The molecule has 1 amide bonds. The third-order valence-corrected chi connectivity index (χ3v) is 4.05. The summed E-state index contributed by atoms with van der Waals surface area (Å²) in [7, 11) is 1.82. The molecule has 6 nitrogen and oxygen atoms in total. The summed E-state index contributed by atoms with van der Waals surface area (Å²) in [6.45, 7) is 4.78. The number of fused-ring (bicyclic) bond motifs is 2. The second-order valence-corrected chi connectivity index (χ2v) is 5.55. The van der Waals surface area contributed by atoms with Crippen molar-refractivity contribution < 1.29 is 4.79 Å². The van der Waals surface area contributed by atoms with Crippen LogP contribution in [0.15, 0.2) is 17.1 Å². The van der Waals surface area contributed by atoms with E-state index < -0.39 is 0 Å². The summed E-state index contributed by atoms with van der Waals surface area (Å²) in [6.07, 6.45) is 7.65. The van der Waals surface area contributed by atoms with Crippen molar-refractivity contribution in [3.8, 4) is 0 Å². The van der Waals surface area contributed by atoms with E-state index in [9.17, 15) is 4.79 Å². The number of allylic oxidation sites excluding steroid dienone is 1. The van der Waals surface area contributed by atoms with Gasteiger partial charge in [-0.15, -0.1) is 0 Å². The number of nitrogens with zero attached hydrogens (tertiary/aromatic N) is 4. The average Bonchev–Trinajstić information content (AvgIpc) is 2.67. The molecule has 2 unspecified atom stereocenters. The first-order valence-corrected chi connectivity index (χ1v) is 7.44. The molecule has 3 heterocycles. The monoisotopic (exact) mass is 287 g/mol. The number of aromatic nitrogens is 2. The molecule has 2 aliphatic rings. The molecule has 0 fully saturated rings. The molecule has 0 aliphatic carbocycles. The van der Waals surface area contributed by atoms with E-state index in [-0.39, 0.29) is 18.1 Å². The lowest BCUT2D eigenvalue weighted by Gasteiger charge is -2.32. The molecule has 0 spiro atoms. The molecule has 0 bridgehead atoms. The van der Waals surface area contributed by atoms with E-state index in [1.165, 1.54) is 0 Å². The minimum atomic E-state index is -0.139. The number of anilines is 1. The van der Waals surface area contributed by atoms with Gasteiger partial charge in [-0.05, 0) is 19.4 Å². The Kier molecular flexibility index (Phi) is 3.53. The summed E-state index contributed by atoms with van der Waals surface area (Å²) in [4.78, 5) is 19.4. The fourth-order valence-corrected chi connectivity index (χ4v) is 2.97. The van der Waals surface area contributed by atoms with Gasteiger partial charge < -0.3 is 10.2 Å². The van der Waals surface area contributed by atoms with Crippen molar-refractivity contribution in [2.45, 2.75) is 38.9 Å². The zero-order valence-electron chi connectivity index (χ0n) is 12.7. The fourth-order valence-electron chi connectivity index (χ4n) is 2.97. The van der Waals surface area contributed by atoms with Crippen molar-refractivity contribution >= 4 is 17.8 Å². The SMILES string of the molecule is CCCCN1C(=O)c2c(c(C)nn2C)NC2N=CC=CC21. The highest BCUT2D eigenvalue weighted by Gasteiger charge is 2.37. The first-order valence-electron chi connectivity index (χ1n) is 7.44. The number of unbranched alkanes of at least 4 members (excludes halogenated alkanes) is 1. The summed E-state index contributed by atoms with van der Waals surface area (Å²) >= 11 is 0. The number of aliphatic imine (C=N–C) groups is 1. The Labute approximate surface area is 124 Å². The summed E-state index contributed by atoms with van der Waals surface area (Å²) in [5.41, 5.74) is 2.27. The second-order valence-electron chi connectivity index (χ2n) is 5.55. The van der Waals surface area contributed by atoms with Crippen LogP contribution < -0.4 is 5.32 Å². The number of carbonyl (C=O) groups is 1. The van der Waals surface area contributed by atoms with Crippen LogP contribution in [0.25, 0.3) is 0 Å². The summed E-state index contributed by atoms with van der Waals surface area (Å²) in [5, 5.41) is 7.77. The van der Waals surface area contributed by atoms with Gasteiger partial charge in [-0.1, -0.05) is 19.4 Å². The minimum Gasteiger partial charge on any atom is -0.358 e. The number of nitrogens with one attached hydrogen (secondary N) is 1. The van der Waals surface area contributed by atoms with E-state index in [0.29, 0.717) is 5.69 Å². The van der Waals surface area contributed by atoms with Crippen LogP contribution >= 0.6 is 0 Å². The van der Waals surface area contributed by atoms with Gasteiger partial charge >= 0.3 is 0 Å². The van der Waals surface area contributed by atoms with E-state index in [1.54, 1.807) is 10.9 Å². The van der Waals surface area contributed by atoms with E-state index >= 15 is 0 Å². The Balaban J connectivity index is 2.06. The molecule has 1 aromatic heterocycles. The smallest absolute Gasteiger partial charge is 0.274 e. The predicted molar refractivity (Wildman–Crippen MR) is 82.7 cm³/mol. The zero-order valence-corrected chi connectivity index (χ0v) is 12.7. The molecular formula is C15H21N5O. The van der Waals surface area contributed by atoms with Crippen molar-refractivity contribution in [2.24, 2.45) is 12.0 Å². The van der Waals surface area contributed by atoms with Gasteiger partial charge in [0.2, 0.25) is 0 Å². The number of amides is 1. The van der Waals surface area contributed by atoms with Crippen LogP contribution in [0.5, 0.6) is 0 Å². The standard InChI is InChI=1S/C15H21N5O/c1-4-5-9-20-11-7-6-8-16-14(11)17-12-10(2)18-19(3)13(12)15(20)21/h6-8,11,14,17H,4-5,9H2,1-3H3. The highest BCUT2D eigenvalue weighted by Crippen LogP contribution is 2.29. The molecule has 2 aliphatic heterocycles. The highest BCUT2D eigenvalue weighted by molar-refractivity contribution is 6.00. The van der Waals surface area contributed by atoms with Crippen molar-refractivity contribution in [1.82, 2.24) is 14.7 Å². The topological polar surface area (TPSA) is 62.5 Å². The highest BCUT2D eigenvalue weighted by atomic mass is 16.2. The normalized spacial score (nSPS) is 23.6. The molecule has 0 aromatic carbocycles. The molecule has 1 aromatic rings. The van der Waals surface area contributed by atoms with Gasteiger partial charge in [-0.3, -0.25) is 14.5 Å².